The van der Waals surface area contributed by atoms with E-state index in [1.54, 1.807) is 0 Å². The number of hydrogen-bond donors (Lipinski definition) is 3. The molecule has 0 amide bonds. The Labute approximate surface area is 79.2 Å². The fourth-order valence-corrected chi connectivity index (χ4v) is 1.07. The molecule has 0 fully saturated rings. The molecule has 0 aliphatic heterocycles. The van der Waals surface area contributed by atoms with Crippen LogP contribution in [0.4, 0.5) is 0 Å². The Morgan fingerprint density at radius 3 is 2.85 bits per heavy atom. The molecule has 0 saturated carbocycles. The van der Waals surface area contributed by atoms with Crippen LogP contribution >= 0.6 is 0 Å². The molecular weight excluding hydrogens is 164 g/mol. The Hall–Kier alpha value is -0.800. The predicted octanol–water partition coefficient (Wildman–Crippen LogP) is 1.12. The SMILES string of the molecule is CC(C)(CO)CNCc1ccc[nH]1. The van der Waals surface area contributed by atoms with E-state index >= 15 is 0 Å². The lowest BCUT2D eigenvalue weighted by Gasteiger charge is -2.21. The molecule has 3 N–H and O–H groups in total. The zero-order valence-corrected chi connectivity index (χ0v) is 8.30. The van der Waals surface area contributed by atoms with Gasteiger partial charge in [0.15, 0.2) is 0 Å². The van der Waals surface area contributed by atoms with Crippen molar-refractivity contribution in [3.05, 3.63) is 24.0 Å². The fourth-order valence-electron chi connectivity index (χ4n) is 1.07. The second kappa shape index (κ2) is 4.44. The highest BCUT2D eigenvalue weighted by Crippen LogP contribution is 2.11. The number of hydrogen-bond acceptors (Lipinski definition) is 2. The molecule has 1 heterocycles. The third kappa shape index (κ3) is 3.61. The van der Waals surface area contributed by atoms with Crippen LogP contribution in [0.25, 0.3) is 0 Å². The number of aromatic amines is 1. The van der Waals surface area contributed by atoms with Gasteiger partial charge in [0.2, 0.25) is 0 Å². The van der Waals surface area contributed by atoms with Crippen molar-refractivity contribution in [2.75, 3.05) is 13.2 Å². The molecule has 0 saturated heterocycles. The highest BCUT2D eigenvalue weighted by Gasteiger charge is 2.15. The van der Waals surface area contributed by atoms with Crippen molar-refractivity contribution in [1.29, 1.82) is 0 Å². The van der Waals surface area contributed by atoms with Gasteiger partial charge in [-0.2, -0.15) is 0 Å². The average Bonchev–Trinajstić information content (AvgIpc) is 2.57. The van der Waals surface area contributed by atoms with Crippen LogP contribution in [0.1, 0.15) is 19.5 Å². The first-order valence-corrected chi connectivity index (χ1v) is 4.58. The standard InChI is InChI=1S/C10H18N2O/c1-10(2,8-13)7-11-6-9-4-3-5-12-9/h3-5,11-13H,6-8H2,1-2H3. The van der Waals surface area contributed by atoms with Gasteiger partial charge in [0.25, 0.3) is 0 Å². The number of H-pyrrole nitrogens is 1. The lowest BCUT2D eigenvalue weighted by Crippen LogP contribution is -2.31. The van der Waals surface area contributed by atoms with Crippen molar-refractivity contribution in [2.45, 2.75) is 20.4 Å². The van der Waals surface area contributed by atoms with Gasteiger partial charge in [-0.3, -0.25) is 0 Å². The molecule has 3 heteroatoms. The minimum Gasteiger partial charge on any atom is -0.396 e. The van der Waals surface area contributed by atoms with Crippen LogP contribution in [0.5, 0.6) is 0 Å². The molecule has 0 bridgehead atoms. The maximum Gasteiger partial charge on any atom is 0.0494 e. The molecular formula is C10H18N2O. The third-order valence-electron chi connectivity index (χ3n) is 2.01. The normalized spacial score (nSPS) is 11.9. The zero-order valence-electron chi connectivity index (χ0n) is 8.30. The fraction of sp³-hybridized carbons (Fsp3) is 0.600. The maximum absolute atomic E-state index is 9.00. The highest BCUT2D eigenvalue weighted by molar-refractivity contribution is 5.02. The van der Waals surface area contributed by atoms with Crippen LogP contribution < -0.4 is 5.32 Å². The van der Waals surface area contributed by atoms with Crippen molar-refractivity contribution in [2.24, 2.45) is 5.41 Å². The molecule has 13 heavy (non-hydrogen) atoms. The van der Waals surface area contributed by atoms with Crippen LogP contribution in [-0.4, -0.2) is 23.2 Å². The maximum atomic E-state index is 9.00. The van der Waals surface area contributed by atoms with Crippen molar-refractivity contribution in [1.82, 2.24) is 10.3 Å². The van der Waals surface area contributed by atoms with E-state index in [2.05, 4.69) is 10.3 Å². The lowest BCUT2D eigenvalue weighted by molar-refractivity contribution is 0.156. The van der Waals surface area contributed by atoms with Crippen molar-refractivity contribution < 1.29 is 5.11 Å². The summed E-state index contributed by atoms with van der Waals surface area (Å²) in [7, 11) is 0. The van der Waals surface area contributed by atoms with Gasteiger partial charge in [-0.1, -0.05) is 13.8 Å². The molecule has 1 aromatic heterocycles. The van der Waals surface area contributed by atoms with E-state index in [0.29, 0.717) is 0 Å². The molecule has 1 aromatic rings. The summed E-state index contributed by atoms with van der Waals surface area (Å²) in [4.78, 5) is 3.12. The monoisotopic (exact) mass is 182 g/mol. The Kier molecular flexibility index (Phi) is 3.51. The summed E-state index contributed by atoms with van der Waals surface area (Å²) in [5.41, 5.74) is 1.14. The Morgan fingerprint density at radius 1 is 1.54 bits per heavy atom. The van der Waals surface area contributed by atoms with Crippen LogP contribution in [0.2, 0.25) is 0 Å². The smallest absolute Gasteiger partial charge is 0.0494 e. The number of nitrogens with one attached hydrogen (secondary N) is 2. The lowest BCUT2D eigenvalue weighted by atomic mass is 9.95. The van der Waals surface area contributed by atoms with E-state index in [1.165, 1.54) is 5.69 Å². The van der Waals surface area contributed by atoms with Crippen molar-refractivity contribution in [3.8, 4) is 0 Å². The van der Waals surface area contributed by atoms with Gasteiger partial charge in [0, 0.05) is 37.0 Å². The van der Waals surface area contributed by atoms with Crippen LogP contribution in [-0.2, 0) is 6.54 Å². The first kappa shape index (κ1) is 10.3. The van der Waals surface area contributed by atoms with Gasteiger partial charge >= 0.3 is 0 Å². The Balaban J connectivity index is 2.21. The summed E-state index contributed by atoms with van der Waals surface area (Å²) in [6.07, 6.45) is 1.91. The van der Waals surface area contributed by atoms with Gasteiger partial charge < -0.3 is 15.4 Å². The summed E-state index contributed by atoms with van der Waals surface area (Å²) >= 11 is 0. The van der Waals surface area contributed by atoms with E-state index in [4.69, 9.17) is 5.11 Å². The molecule has 0 radical (unpaired) electrons. The van der Waals surface area contributed by atoms with Crippen molar-refractivity contribution >= 4 is 0 Å². The molecule has 0 aliphatic rings. The van der Waals surface area contributed by atoms with E-state index in [0.717, 1.165) is 13.1 Å². The largest absolute Gasteiger partial charge is 0.396 e. The number of aliphatic hydroxyl groups excluding tert-OH is 1. The highest BCUT2D eigenvalue weighted by atomic mass is 16.3. The molecule has 0 aromatic carbocycles. The Bertz CT molecular complexity index is 229. The number of aliphatic hydroxyl groups is 1. The summed E-state index contributed by atoms with van der Waals surface area (Å²) in [6, 6.07) is 4.02. The molecule has 0 aliphatic carbocycles. The molecule has 74 valence electrons. The predicted molar refractivity (Wildman–Crippen MR) is 53.4 cm³/mol. The van der Waals surface area contributed by atoms with Gasteiger partial charge in [-0.15, -0.1) is 0 Å². The molecule has 0 atom stereocenters. The second-order valence-electron chi connectivity index (χ2n) is 4.12. The summed E-state index contributed by atoms with van der Waals surface area (Å²) in [5.74, 6) is 0. The minimum absolute atomic E-state index is 0.0351. The molecule has 0 unspecified atom stereocenters. The summed E-state index contributed by atoms with van der Waals surface area (Å²) in [5, 5.41) is 12.3. The second-order valence-corrected chi connectivity index (χ2v) is 4.12. The first-order valence-electron chi connectivity index (χ1n) is 4.58. The average molecular weight is 182 g/mol. The quantitative estimate of drug-likeness (QED) is 0.639. The number of rotatable bonds is 5. The van der Waals surface area contributed by atoms with E-state index in [1.807, 2.05) is 32.2 Å². The van der Waals surface area contributed by atoms with E-state index in [9.17, 15) is 0 Å². The van der Waals surface area contributed by atoms with Crippen LogP contribution in [0.15, 0.2) is 18.3 Å². The van der Waals surface area contributed by atoms with Crippen LogP contribution in [0.3, 0.4) is 0 Å². The summed E-state index contributed by atoms with van der Waals surface area (Å²) in [6.45, 7) is 5.94. The number of aromatic nitrogens is 1. The van der Waals surface area contributed by atoms with Gasteiger partial charge in [0.05, 0.1) is 0 Å². The van der Waals surface area contributed by atoms with Crippen LogP contribution in [0, 0.1) is 5.41 Å². The molecule has 3 nitrogen and oxygen atoms in total. The van der Waals surface area contributed by atoms with Crippen molar-refractivity contribution in [3.63, 3.8) is 0 Å². The minimum atomic E-state index is -0.0351. The van der Waals surface area contributed by atoms with Gasteiger partial charge in [0.1, 0.15) is 0 Å². The third-order valence-corrected chi connectivity index (χ3v) is 2.01. The van der Waals surface area contributed by atoms with E-state index in [-0.39, 0.29) is 12.0 Å². The van der Waals surface area contributed by atoms with Gasteiger partial charge in [-0.05, 0) is 12.1 Å². The summed E-state index contributed by atoms with van der Waals surface area (Å²) < 4.78 is 0. The van der Waals surface area contributed by atoms with E-state index < -0.39 is 0 Å². The zero-order chi connectivity index (χ0) is 9.73. The topological polar surface area (TPSA) is 48.0 Å². The Morgan fingerprint density at radius 2 is 2.31 bits per heavy atom. The van der Waals surface area contributed by atoms with Gasteiger partial charge in [-0.25, -0.2) is 0 Å². The first-order chi connectivity index (χ1) is 6.14. The molecule has 1 rings (SSSR count). The molecule has 0 spiro atoms.